The molecular weight excluding hydrogens is 208 g/mol. The molecule has 0 unspecified atom stereocenters. The molecule has 0 spiro atoms. The lowest BCUT2D eigenvalue weighted by atomic mass is 10.2. The third-order valence-corrected chi connectivity index (χ3v) is 2.42. The first-order valence-corrected chi connectivity index (χ1v) is 5.88. The maximum Gasteiger partial charge on any atom is 0.134 e. The standard InChI is InChI=1S/C16H16O/c1-2-3-9-14-10-7-8-13-16(14)17-15-11-5-4-6-12-15/h3-13H,2H2,1H3. The SMILES string of the molecule is CCC=Cc1ccccc1Oc1ccccc1. The largest absolute Gasteiger partial charge is 0.457 e. The molecule has 0 aliphatic carbocycles. The molecule has 86 valence electrons. The van der Waals surface area contributed by atoms with E-state index in [1.807, 2.05) is 48.5 Å². The van der Waals surface area contributed by atoms with Crippen molar-refractivity contribution < 1.29 is 4.74 Å². The van der Waals surface area contributed by atoms with Crippen LogP contribution in [0.1, 0.15) is 18.9 Å². The highest BCUT2D eigenvalue weighted by atomic mass is 16.5. The Balaban J connectivity index is 2.23. The van der Waals surface area contributed by atoms with Crippen LogP contribution >= 0.6 is 0 Å². The van der Waals surface area contributed by atoms with Crippen molar-refractivity contribution in [1.82, 2.24) is 0 Å². The summed E-state index contributed by atoms with van der Waals surface area (Å²) in [5, 5.41) is 0. The third kappa shape index (κ3) is 3.22. The summed E-state index contributed by atoms with van der Waals surface area (Å²) in [5.41, 5.74) is 1.11. The normalized spacial score (nSPS) is 10.6. The van der Waals surface area contributed by atoms with Crippen molar-refractivity contribution in [3.05, 3.63) is 66.2 Å². The van der Waals surface area contributed by atoms with E-state index in [1.165, 1.54) is 0 Å². The molecular formula is C16H16O. The molecule has 2 rings (SSSR count). The number of rotatable bonds is 4. The second-order valence-electron chi connectivity index (χ2n) is 3.76. The van der Waals surface area contributed by atoms with Crippen LogP contribution in [0, 0.1) is 0 Å². The fourth-order valence-electron chi connectivity index (χ4n) is 1.57. The summed E-state index contributed by atoms with van der Waals surface area (Å²) >= 11 is 0. The van der Waals surface area contributed by atoms with E-state index < -0.39 is 0 Å². The molecule has 17 heavy (non-hydrogen) atoms. The van der Waals surface area contributed by atoms with Crippen LogP contribution in [0.15, 0.2) is 60.7 Å². The first-order chi connectivity index (χ1) is 8.40. The average molecular weight is 224 g/mol. The van der Waals surface area contributed by atoms with Crippen molar-refractivity contribution in [2.75, 3.05) is 0 Å². The Labute approximate surface area is 102 Å². The van der Waals surface area contributed by atoms with Crippen LogP contribution in [0.25, 0.3) is 6.08 Å². The van der Waals surface area contributed by atoms with E-state index >= 15 is 0 Å². The molecule has 0 N–H and O–H groups in total. The van der Waals surface area contributed by atoms with E-state index in [4.69, 9.17) is 4.74 Å². The number of benzene rings is 2. The van der Waals surface area contributed by atoms with Crippen molar-refractivity contribution in [3.63, 3.8) is 0 Å². The van der Waals surface area contributed by atoms with Crippen molar-refractivity contribution in [2.24, 2.45) is 0 Å². The Morgan fingerprint density at radius 1 is 0.941 bits per heavy atom. The van der Waals surface area contributed by atoms with Gasteiger partial charge in [0.1, 0.15) is 11.5 Å². The molecule has 0 aliphatic heterocycles. The van der Waals surface area contributed by atoms with E-state index in [0.717, 1.165) is 23.5 Å². The minimum atomic E-state index is 0.866. The average Bonchev–Trinajstić information content (AvgIpc) is 2.39. The second kappa shape index (κ2) is 5.90. The van der Waals surface area contributed by atoms with Gasteiger partial charge in [-0.05, 0) is 24.6 Å². The Morgan fingerprint density at radius 2 is 1.65 bits per heavy atom. The van der Waals surface area contributed by atoms with Crippen LogP contribution in [0.3, 0.4) is 0 Å². The van der Waals surface area contributed by atoms with E-state index in [2.05, 4.69) is 25.1 Å². The number of hydrogen-bond acceptors (Lipinski definition) is 1. The molecule has 1 heteroatoms. The van der Waals surface area contributed by atoms with Crippen molar-refractivity contribution in [3.8, 4) is 11.5 Å². The molecule has 0 radical (unpaired) electrons. The summed E-state index contributed by atoms with van der Waals surface area (Å²) in [6.07, 6.45) is 5.26. The van der Waals surface area contributed by atoms with Gasteiger partial charge in [-0.2, -0.15) is 0 Å². The van der Waals surface area contributed by atoms with Gasteiger partial charge in [-0.15, -0.1) is 0 Å². The van der Waals surface area contributed by atoms with Gasteiger partial charge in [0.15, 0.2) is 0 Å². The van der Waals surface area contributed by atoms with Gasteiger partial charge in [-0.3, -0.25) is 0 Å². The summed E-state index contributed by atoms with van der Waals surface area (Å²) in [6.45, 7) is 2.12. The Morgan fingerprint density at radius 3 is 2.41 bits per heavy atom. The van der Waals surface area contributed by atoms with Crippen LogP contribution in [0.5, 0.6) is 11.5 Å². The van der Waals surface area contributed by atoms with Gasteiger partial charge in [0.25, 0.3) is 0 Å². The number of para-hydroxylation sites is 2. The van der Waals surface area contributed by atoms with Gasteiger partial charge < -0.3 is 4.74 Å². The van der Waals surface area contributed by atoms with Crippen molar-refractivity contribution >= 4 is 6.08 Å². The molecule has 0 aliphatic rings. The summed E-state index contributed by atoms with van der Waals surface area (Å²) in [5.74, 6) is 1.76. The fraction of sp³-hybridized carbons (Fsp3) is 0.125. The van der Waals surface area contributed by atoms with Gasteiger partial charge in [-0.25, -0.2) is 0 Å². The number of allylic oxidation sites excluding steroid dienone is 1. The van der Waals surface area contributed by atoms with E-state index in [0.29, 0.717) is 0 Å². The van der Waals surface area contributed by atoms with E-state index in [1.54, 1.807) is 0 Å². The monoisotopic (exact) mass is 224 g/mol. The highest BCUT2D eigenvalue weighted by molar-refractivity contribution is 5.57. The zero-order valence-electron chi connectivity index (χ0n) is 9.97. The van der Waals surface area contributed by atoms with Gasteiger partial charge >= 0.3 is 0 Å². The summed E-state index contributed by atoms with van der Waals surface area (Å²) in [7, 11) is 0. The lowest BCUT2D eigenvalue weighted by Gasteiger charge is -2.08. The molecule has 2 aromatic carbocycles. The topological polar surface area (TPSA) is 9.23 Å². The molecule has 0 aromatic heterocycles. The lowest BCUT2D eigenvalue weighted by Crippen LogP contribution is -1.86. The minimum Gasteiger partial charge on any atom is -0.457 e. The van der Waals surface area contributed by atoms with Crippen LogP contribution in [-0.4, -0.2) is 0 Å². The summed E-state index contributed by atoms with van der Waals surface area (Å²) < 4.78 is 5.86. The van der Waals surface area contributed by atoms with Gasteiger partial charge in [0.05, 0.1) is 0 Å². The van der Waals surface area contributed by atoms with Gasteiger partial charge in [0, 0.05) is 5.56 Å². The van der Waals surface area contributed by atoms with Crippen molar-refractivity contribution in [2.45, 2.75) is 13.3 Å². The van der Waals surface area contributed by atoms with Crippen molar-refractivity contribution in [1.29, 1.82) is 0 Å². The number of ether oxygens (including phenoxy) is 1. The maximum absolute atomic E-state index is 5.86. The molecule has 0 fully saturated rings. The Kier molecular flexibility index (Phi) is 3.98. The molecule has 0 atom stereocenters. The predicted octanol–water partition coefficient (Wildman–Crippen LogP) is 4.90. The first-order valence-electron chi connectivity index (χ1n) is 5.88. The molecule has 0 amide bonds. The number of hydrogen-bond donors (Lipinski definition) is 0. The smallest absolute Gasteiger partial charge is 0.134 e. The molecule has 1 nitrogen and oxygen atoms in total. The molecule has 0 bridgehead atoms. The maximum atomic E-state index is 5.86. The Bertz CT molecular complexity index is 486. The molecule has 0 saturated carbocycles. The summed E-state index contributed by atoms with van der Waals surface area (Å²) in [4.78, 5) is 0. The van der Waals surface area contributed by atoms with Crippen LogP contribution in [0.4, 0.5) is 0 Å². The molecule has 0 heterocycles. The second-order valence-corrected chi connectivity index (χ2v) is 3.76. The highest BCUT2D eigenvalue weighted by Crippen LogP contribution is 2.25. The fourth-order valence-corrected chi connectivity index (χ4v) is 1.57. The Hall–Kier alpha value is -2.02. The van der Waals surface area contributed by atoms with Gasteiger partial charge in [0.2, 0.25) is 0 Å². The highest BCUT2D eigenvalue weighted by Gasteiger charge is 2.00. The minimum absolute atomic E-state index is 0.866. The lowest BCUT2D eigenvalue weighted by molar-refractivity contribution is 0.481. The molecule has 0 saturated heterocycles. The van der Waals surface area contributed by atoms with E-state index in [9.17, 15) is 0 Å². The third-order valence-electron chi connectivity index (χ3n) is 2.42. The molecule has 2 aromatic rings. The van der Waals surface area contributed by atoms with E-state index in [-0.39, 0.29) is 0 Å². The predicted molar refractivity (Wildman–Crippen MR) is 72.3 cm³/mol. The van der Waals surface area contributed by atoms with Crippen LogP contribution < -0.4 is 4.74 Å². The quantitative estimate of drug-likeness (QED) is 0.717. The van der Waals surface area contributed by atoms with Crippen LogP contribution in [0.2, 0.25) is 0 Å². The van der Waals surface area contributed by atoms with Crippen LogP contribution in [-0.2, 0) is 0 Å². The zero-order valence-corrected chi connectivity index (χ0v) is 9.97. The summed E-state index contributed by atoms with van der Waals surface area (Å²) in [6, 6.07) is 17.9. The van der Waals surface area contributed by atoms with Gasteiger partial charge in [-0.1, -0.05) is 55.5 Å². The first kappa shape index (κ1) is 11.5. The zero-order chi connectivity index (χ0) is 11.9.